The van der Waals surface area contributed by atoms with Crippen LogP contribution in [0.25, 0.3) is 22.5 Å². The van der Waals surface area contributed by atoms with E-state index in [1.54, 1.807) is 0 Å². The number of hydrogen-bond donors (Lipinski definition) is 1. The largest absolute Gasteiger partial charge is 0.410 e. The molecule has 1 atom stereocenters. The van der Waals surface area contributed by atoms with Crippen LogP contribution in [0, 0.1) is 0 Å². The number of para-hydroxylation sites is 2. The van der Waals surface area contributed by atoms with Crippen molar-refractivity contribution in [1.82, 2.24) is 15.2 Å². The lowest BCUT2D eigenvalue weighted by atomic mass is 10.2. The summed E-state index contributed by atoms with van der Waals surface area (Å²) in [7, 11) is 0. The Morgan fingerprint density at radius 1 is 1.18 bits per heavy atom. The van der Waals surface area contributed by atoms with Gasteiger partial charge < -0.3 is 14.3 Å². The van der Waals surface area contributed by atoms with Crippen molar-refractivity contribution in [1.29, 1.82) is 0 Å². The van der Waals surface area contributed by atoms with Gasteiger partial charge in [0.25, 0.3) is 11.1 Å². The molecule has 0 bridgehead atoms. The van der Waals surface area contributed by atoms with Crippen LogP contribution in [-0.2, 0) is 11.2 Å². The molecule has 0 radical (unpaired) electrons. The summed E-state index contributed by atoms with van der Waals surface area (Å²) in [5.41, 5.74) is 4.00. The lowest BCUT2D eigenvalue weighted by molar-refractivity contribution is -0.117. The molecule has 1 aliphatic rings. The molecule has 2 aromatic carbocycles. The monoisotopic (exact) mass is 390 g/mol. The summed E-state index contributed by atoms with van der Waals surface area (Å²) in [4.78, 5) is 18.0. The number of anilines is 1. The lowest BCUT2D eigenvalue weighted by Gasteiger charge is -2.20. The van der Waals surface area contributed by atoms with E-state index in [-0.39, 0.29) is 11.2 Å². The van der Waals surface area contributed by atoms with Crippen molar-refractivity contribution in [3.8, 4) is 11.6 Å². The minimum atomic E-state index is -0.317. The summed E-state index contributed by atoms with van der Waals surface area (Å²) in [6.07, 6.45) is 0.893. The highest BCUT2D eigenvalue weighted by Gasteiger charge is 2.29. The van der Waals surface area contributed by atoms with E-state index in [1.807, 2.05) is 60.4 Å². The third kappa shape index (κ3) is 2.97. The molecule has 4 aromatic rings. The second kappa shape index (κ2) is 6.83. The highest BCUT2D eigenvalue weighted by molar-refractivity contribution is 8.00. The Hall–Kier alpha value is -3.06. The minimum absolute atomic E-state index is 0.0558. The SMILES string of the molecule is C[C@@H](Sc1nnc(-c2cc3ccccc3[nH]2)o1)C(=O)N1CCc2ccccc21. The van der Waals surface area contributed by atoms with Crippen molar-refractivity contribution in [2.24, 2.45) is 0 Å². The van der Waals surface area contributed by atoms with Gasteiger partial charge >= 0.3 is 0 Å². The smallest absolute Gasteiger partial charge is 0.277 e. The van der Waals surface area contributed by atoms with Crippen LogP contribution in [0.2, 0.25) is 0 Å². The van der Waals surface area contributed by atoms with Gasteiger partial charge in [-0.2, -0.15) is 0 Å². The lowest BCUT2D eigenvalue weighted by Crippen LogP contribution is -2.35. The number of carbonyl (C=O) groups excluding carboxylic acids is 1. The minimum Gasteiger partial charge on any atom is -0.410 e. The number of amides is 1. The summed E-state index contributed by atoms with van der Waals surface area (Å²) in [5, 5.41) is 9.40. The van der Waals surface area contributed by atoms with Crippen LogP contribution in [-0.4, -0.2) is 32.9 Å². The Morgan fingerprint density at radius 3 is 2.89 bits per heavy atom. The van der Waals surface area contributed by atoms with Crippen LogP contribution in [0.1, 0.15) is 12.5 Å². The Balaban J connectivity index is 1.32. The molecule has 1 N–H and O–H groups in total. The fourth-order valence-corrected chi connectivity index (χ4v) is 4.29. The highest BCUT2D eigenvalue weighted by atomic mass is 32.2. The third-order valence-corrected chi connectivity index (χ3v) is 5.87. The summed E-state index contributed by atoms with van der Waals surface area (Å²) < 4.78 is 5.79. The Bertz CT molecular complexity index is 1130. The average molecular weight is 390 g/mol. The van der Waals surface area contributed by atoms with E-state index in [0.717, 1.165) is 28.7 Å². The van der Waals surface area contributed by atoms with Crippen molar-refractivity contribution in [3.63, 3.8) is 0 Å². The van der Waals surface area contributed by atoms with Gasteiger partial charge in [0.15, 0.2) is 0 Å². The van der Waals surface area contributed by atoms with Crippen LogP contribution in [0.4, 0.5) is 5.69 Å². The summed E-state index contributed by atoms with van der Waals surface area (Å²) in [6.45, 7) is 2.59. The van der Waals surface area contributed by atoms with E-state index in [0.29, 0.717) is 17.7 Å². The molecule has 0 aliphatic carbocycles. The number of H-pyrrole nitrogens is 1. The maximum Gasteiger partial charge on any atom is 0.277 e. The number of hydrogen-bond acceptors (Lipinski definition) is 5. The van der Waals surface area contributed by atoms with Crippen LogP contribution in [0.5, 0.6) is 0 Å². The van der Waals surface area contributed by atoms with E-state index in [2.05, 4.69) is 21.2 Å². The van der Waals surface area contributed by atoms with Gasteiger partial charge in [-0.15, -0.1) is 10.2 Å². The normalized spacial score (nSPS) is 14.4. The van der Waals surface area contributed by atoms with Gasteiger partial charge in [-0.3, -0.25) is 4.79 Å². The van der Waals surface area contributed by atoms with Gasteiger partial charge in [0.05, 0.1) is 5.25 Å². The zero-order chi connectivity index (χ0) is 19.1. The first-order chi connectivity index (χ1) is 13.7. The molecule has 7 heteroatoms. The predicted octanol–water partition coefficient (Wildman–Crippen LogP) is 4.29. The fourth-order valence-electron chi connectivity index (χ4n) is 3.54. The van der Waals surface area contributed by atoms with Crippen molar-refractivity contribution >= 4 is 34.3 Å². The molecule has 0 saturated carbocycles. The van der Waals surface area contributed by atoms with E-state index < -0.39 is 0 Å². The molecule has 0 unspecified atom stereocenters. The van der Waals surface area contributed by atoms with E-state index in [1.165, 1.54) is 17.3 Å². The van der Waals surface area contributed by atoms with Crippen molar-refractivity contribution in [3.05, 3.63) is 60.2 Å². The predicted molar refractivity (Wildman–Crippen MR) is 109 cm³/mol. The second-order valence-electron chi connectivity index (χ2n) is 6.77. The molecule has 28 heavy (non-hydrogen) atoms. The van der Waals surface area contributed by atoms with Crippen molar-refractivity contribution in [2.75, 3.05) is 11.4 Å². The molecule has 140 valence electrons. The molecular weight excluding hydrogens is 372 g/mol. The number of aromatic amines is 1. The number of nitrogens with one attached hydrogen (secondary N) is 1. The fraction of sp³-hybridized carbons (Fsp3) is 0.190. The zero-order valence-corrected chi connectivity index (χ0v) is 16.1. The molecule has 5 rings (SSSR count). The molecular formula is C21H18N4O2S. The van der Waals surface area contributed by atoms with Crippen LogP contribution in [0.15, 0.2) is 64.2 Å². The van der Waals surface area contributed by atoms with Gasteiger partial charge in [0.1, 0.15) is 5.69 Å². The number of rotatable bonds is 4. The molecule has 0 saturated heterocycles. The van der Waals surface area contributed by atoms with E-state index in [4.69, 9.17) is 4.42 Å². The van der Waals surface area contributed by atoms with Gasteiger partial charge in [0.2, 0.25) is 5.91 Å². The summed E-state index contributed by atoms with van der Waals surface area (Å²) in [6, 6.07) is 18.0. The zero-order valence-electron chi connectivity index (χ0n) is 15.3. The second-order valence-corrected chi connectivity index (χ2v) is 8.06. The molecule has 0 spiro atoms. The number of benzene rings is 2. The van der Waals surface area contributed by atoms with E-state index in [9.17, 15) is 4.79 Å². The summed E-state index contributed by atoms with van der Waals surface area (Å²) in [5.74, 6) is 0.477. The first-order valence-electron chi connectivity index (χ1n) is 9.16. The summed E-state index contributed by atoms with van der Waals surface area (Å²) >= 11 is 1.29. The van der Waals surface area contributed by atoms with Gasteiger partial charge in [-0.1, -0.05) is 48.2 Å². The van der Waals surface area contributed by atoms with Crippen LogP contribution >= 0.6 is 11.8 Å². The van der Waals surface area contributed by atoms with Crippen molar-refractivity contribution in [2.45, 2.75) is 23.8 Å². The molecule has 1 amide bonds. The van der Waals surface area contributed by atoms with Crippen LogP contribution < -0.4 is 4.90 Å². The van der Waals surface area contributed by atoms with Crippen molar-refractivity contribution < 1.29 is 9.21 Å². The molecule has 3 heterocycles. The highest BCUT2D eigenvalue weighted by Crippen LogP contribution is 2.32. The first-order valence-corrected chi connectivity index (χ1v) is 10.0. The third-order valence-electron chi connectivity index (χ3n) is 4.95. The maximum absolute atomic E-state index is 12.9. The topological polar surface area (TPSA) is 75.0 Å². The number of aromatic nitrogens is 3. The number of nitrogens with zero attached hydrogens (tertiary/aromatic N) is 3. The molecule has 1 aliphatic heterocycles. The molecule has 6 nitrogen and oxygen atoms in total. The van der Waals surface area contributed by atoms with Gasteiger partial charge in [0, 0.05) is 23.1 Å². The van der Waals surface area contributed by atoms with Gasteiger partial charge in [-0.25, -0.2) is 0 Å². The quantitative estimate of drug-likeness (QED) is 0.526. The number of fused-ring (bicyclic) bond motifs is 2. The van der Waals surface area contributed by atoms with Crippen LogP contribution in [0.3, 0.4) is 0 Å². The van der Waals surface area contributed by atoms with E-state index >= 15 is 0 Å². The Kier molecular flexibility index (Phi) is 4.16. The Labute approximate surface area is 166 Å². The van der Waals surface area contributed by atoms with Gasteiger partial charge in [-0.05, 0) is 37.1 Å². The molecule has 2 aromatic heterocycles. The average Bonchev–Trinajstić information content (AvgIpc) is 3.44. The standard InChI is InChI=1S/C21H18N4O2S/c1-13(20(26)25-11-10-14-6-3-5-9-18(14)25)28-21-24-23-19(27-21)17-12-15-7-2-4-8-16(15)22-17/h2-9,12-13,22H,10-11H2,1H3/t13-/m1/s1. The number of carbonyl (C=O) groups is 1. The first kappa shape index (κ1) is 17.1. The molecule has 0 fully saturated rings. The maximum atomic E-state index is 12.9. The number of thioether (sulfide) groups is 1. The Morgan fingerprint density at radius 2 is 2.00 bits per heavy atom.